The van der Waals surface area contributed by atoms with Gasteiger partial charge in [0.2, 0.25) is 0 Å². The number of hydrazine groups is 1. The van der Waals surface area contributed by atoms with Crippen LogP contribution < -0.4 is 5.84 Å². The highest BCUT2D eigenvalue weighted by atomic mass is 35.5. The summed E-state index contributed by atoms with van der Waals surface area (Å²) in [6.45, 7) is 3.05. The molecule has 0 radical (unpaired) electrons. The van der Waals surface area contributed by atoms with Gasteiger partial charge in [-0.25, -0.2) is 0 Å². The Morgan fingerprint density at radius 2 is 1.38 bits per heavy atom. The zero-order valence-corrected chi connectivity index (χ0v) is 9.52. The van der Waals surface area contributed by atoms with Gasteiger partial charge in [0, 0.05) is 6.54 Å². The van der Waals surface area contributed by atoms with Gasteiger partial charge >= 0.3 is 0 Å². The SMILES string of the molecule is CCCCCCCCCCN(N)Cl. The largest absolute Gasteiger partial charge is 0.254 e. The second-order valence-electron chi connectivity index (χ2n) is 3.60. The topological polar surface area (TPSA) is 29.3 Å². The molecule has 0 rings (SSSR count). The quantitative estimate of drug-likeness (QED) is 0.271. The summed E-state index contributed by atoms with van der Waals surface area (Å²) in [5.74, 6) is 5.27. The fraction of sp³-hybridized carbons (Fsp3) is 1.00. The van der Waals surface area contributed by atoms with Crippen LogP contribution in [-0.2, 0) is 0 Å². The maximum atomic E-state index is 5.47. The maximum absolute atomic E-state index is 5.47. The lowest BCUT2D eigenvalue weighted by Crippen LogP contribution is -2.20. The van der Waals surface area contributed by atoms with Gasteiger partial charge in [0.1, 0.15) is 0 Å². The molecule has 0 atom stereocenters. The Morgan fingerprint density at radius 3 is 1.85 bits per heavy atom. The van der Waals surface area contributed by atoms with Gasteiger partial charge in [0.15, 0.2) is 0 Å². The Bertz CT molecular complexity index is 96.9. The lowest BCUT2D eigenvalue weighted by Gasteiger charge is -2.05. The molecule has 0 amide bonds. The summed E-state index contributed by atoms with van der Waals surface area (Å²) in [4.78, 5) is 0. The summed E-state index contributed by atoms with van der Waals surface area (Å²) in [6.07, 6.45) is 10.6. The fourth-order valence-electron chi connectivity index (χ4n) is 1.40. The molecule has 0 aliphatic rings. The van der Waals surface area contributed by atoms with Crippen LogP contribution in [0.4, 0.5) is 0 Å². The van der Waals surface area contributed by atoms with Crippen molar-refractivity contribution in [2.24, 2.45) is 5.84 Å². The van der Waals surface area contributed by atoms with Crippen LogP contribution in [0.25, 0.3) is 0 Å². The molecule has 0 aliphatic heterocycles. The van der Waals surface area contributed by atoms with Crippen LogP contribution in [0.3, 0.4) is 0 Å². The molecular formula is C10H23ClN2. The highest BCUT2D eigenvalue weighted by Gasteiger charge is 1.93. The molecule has 0 heterocycles. The lowest BCUT2D eigenvalue weighted by molar-refractivity contribution is 0.447. The van der Waals surface area contributed by atoms with E-state index in [9.17, 15) is 0 Å². The first-order valence-electron chi connectivity index (χ1n) is 5.45. The van der Waals surface area contributed by atoms with Crippen LogP contribution in [0.5, 0.6) is 0 Å². The molecule has 0 aromatic rings. The van der Waals surface area contributed by atoms with Crippen molar-refractivity contribution < 1.29 is 0 Å². The van der Waals surface area contributed by atoms with Gasteiger partial charge in [-0.15, -0.1) is 0 Å². The van der Waals surface area contributed by atoms with Gasteiger partial charge in [-0.1, -0.05) is 51.9 Å². The number of nitrogens with zero attached hydrogens (tertiary/aromatic N) is 1. The van der Waals surface area contributed by atoms with Crippen molar-refractivity contribution in [2.45, 2.75) is 58.3 Å². The Balaban J connectivity index is 2.84. The molecule has 0 fully saturated rings. The van der Waals surface area contributed by atoms with Crippen molar-refractivity contribution in [1.29, 1.82) is 0 Å². The summed E-state index contributed by atoms with van der Waals surface area (Å²) in [5.41, 5.74) is 0. The molecule has 0 aromatic heterocycles. The number of hydrogen-bond acceptors (Lipinski definition) is 2. The van der Waals surface area contributed by atoms with Crippen molar-refractivity contribution in [3.8, 4) is 0 Å². The molecule has 3 heteroatoms. The van der Waals surface area contributed by atoms with Crippen molar-refractivity contribution in [1.82, 2.24) is 4.53 Å². The Hall–Kier alpha value is 0.210. The molecule has 0 aromatic carbocycles. The smallest absolute Gasteiger partial charge is 0.0293 e. The van der Waals surface area contributed by atoms with E-state index in [1.54, 1.807) is 0 Å². The molecule has 80 valence electrons. The zero-order valence-electron chi connectivity index (χ0n) is 8.77. The second kappa shape index (κ2) is 10.3. The minimum absolute atomic E-state index is 0.802. The lowest BCUT2D eigenvalue weighted by atomic mass is 10.1. The highest BCUT2D eigenvalue weighted by molar-refractivity contribution is 6.12. The second-order valence-corrected chi connectivity index (χ2v) is 4.03. The predicted octanol–water partition coefficient (Wildman–Crippen LogP) is 3.46. The van der Waals surface area contributed by atoms with Crippen molar-refractivity contribution in [3.05, 3.63) is 0 Å². The molecule has 13 heavy (non-hydrogen) atoms. The Kier molecular flexibility index (Phi) is 10.5. The molecule has 0 saturated heterocycles. The number of halogens is 1. The normalized spacial score (nSPS) is 11.1. The Labute approximate surface area is 87.5 Å². The third-order valence-corrected chi connectivity index (χ3v) is 2.39. The monoisotopic (exact) mass is 206 g/mol. The van der Waals surface area contributed by atoms with E-state index in [-0.39, 0.29) is 0 Å². The standard InChI is InChI=1S/C10H23ClN2/c1-2-3-4-5-6-7-8-9-10-13(11)12/h2-10,12H2,1H3. The number of hydrogen-bond donors (Lipinski definition) is 1. The van der Waals surface area contributed by atoms with Gasteiger partial charge in [-0.2, -0.15) is 4.53 Å². The molecule has 2 N–H and O–H groups in total. The minimum atomic E-state index is 0.802. The van der Waals surface area contributed by atoms with Crippen LogP contribution in [0.1, 0.15) is 58.3 Å². The van der Waals surface area contributed by atoms with Crippen molar-refractivity contribution in [2.75, 3.05) is 6.54 Å². The van der Waals surface area contributed by atoms with Crippen LogP contribution >= 0.6 is 11.8 Å². The minimum Gasteiger partial charge on any atom is -0.254 e. The Morgan fingerprint density at radius 1 is 0.923 bits per heavy atom. The maximum Gasteiger partial charge on any atom is 0.0293 e. The average molecular weight is 207 g/mol. The first kappa shape index (κ1) is 13.2. The summed E-state index contributed by atoms with van der Waals surface area (Å²) >= 11 is 5.47. The predicted molar refractivity (Wildman–Crippen MR) is 59.4 cm³/mol. The van der Waals surface area contributed by atoms with Crippen molar-refractivity contribution >= 4 is 11.8 Å². The summed E-state index contributed by atoms with van der Waals surface area (Å²) in [6, 6.07) is 0. The third kappa shape index (κ3) is 12.2. The van der Waals surface area contributed by atoms with E-state index >= 15 is 0 Å². The highest BCUT2D eigenvalue weighted by Crippen LogP contribution is 2.08. The van der Waals surface area contributed by atoms with E-state index in [0.29, 0.717) is 0 Å². The molecule has 0 aliphatic carbocycles. The van der Waals surface area contributed by atoms with E-state index in [0.717, 1.165) is 13.0 Å². The zero-order chi connectivity index (χ0) is 9.94. The molecular weight excluding hydrogens is 184 g/mol. The molecule has 2 nitrogen and oxygen atoms in total. The van der Waals surface area contributed by atoms with Crippen LogP contribution in [0.2, 0.25) is 0 Å². The van der Waals surface area contributed by atoms with Crippen LogP contribution in [0, 0.1) is 0 Å². The van der Waals surface area contributed by atoms with Crippen molar-refractivity contribution in [3.63, 3.8) is 0 Å². The number of nitrogens with two attached hydrogens (primary N) is 1. The summed E-state index contributed by atoms with van der Waals surface area (Å²) in [7, 11) is 0. The van der Waals surface area contributed by atoms with E-state index < -0.39 is 0 Å². The fourth-order valence-corrected chi connectivity index (χ4v) is 1.52. The van der Waals surface area contributed by atoms with Gasteiger partial charge < -0.3 is 0 Å². The summed E-state index contributed by atoms with van der Waals surface area (Å²) in [5, 5.41) is 0. The number of unbranched alkanes of at least 4 members (excludes halogenated alkanes) is 7. The van der Waals surface area contributed by atoms with E-state index in [4.69, 9.17) is 17.6 Å². The van der Waals surface area contributed by atoms with Gasteiger partial charge in [-0.05, 0) is 18.2 Å². The summed E-state index contributed by atoms with van der Waals surface area (Å²) < 4.78 is 1.25. The first-order valence-corrected chi connectivity index (χ1v) is 5.79. The van der Waals surface area contributed by atoms with Gasteiger partial charge in [0.25, 0.3) is 0 Å². The van der Waals surface area contributed by atoms with Crippen LogP contribution in [-0.4, -0.2) is 11.1 Å². The molecule has 0 unspecified atom stereocenters. The van der Waals surface area contributed by atoms with E-state index in [2.05, 4.69) is 6.92 Å². The van der Waals surface area contributed by atoms with E-state index in [1.165, 1.54) is 49.5 Å². The molecule has 0 spiro atoms. The third-order valence-electron chi connectivity index (χ3n) is 2.23. The molecule has 0 bridgehead atoms. The van der Waals surface area contributed by atoms with E-state index in [1.807, 2.05) is 0 Å². The first-order chi connectivity index (χ1) is 6.27. The van der Waals surface area contributed by atoms with Gasteiger partial charge in [0.05, 0.1) is 0 Å². The number of rotatable bonds is 9. The van der Waals surface area contributed by atoms with Crippen LogP contribution in [0.15, 0.2) is 0 Å². The average Bonchev–Trinajstić information content (AvgIpc) is 2.09. The molecule has 0 saturated carbocycles. The van der Waals surface area contributed by atoms with Gasteiger partial charge in [-0.3, -0.25) is 5.84 Å².